The van der Waals surface area contributed by atoms with Crippen LogP contribution in [0.1, 0.15) is 31.2 Å². The second kappa shape index (κ2) is 5.45. The van der Waals surface area contributed by atoms with Crippen LogP contribution in [0.3, 0.4) is 0 Å². The number of rotatable bonds is 2. The minimum Gasteiger partial charge on any atom is -0.361 e. The number of hydrogen-bond acceptors (Lipinski definition) is 1. The van der Waals surface area contributed by atoms with Gasteiger partial charge in [0.25, 0.3) is 0 Å². The predicted octanol–water partition coefficient (Wildman–Crippen LogP) is 4.31. The van der Waals surface area contributed by atoms with Crippen molar-refractivity contribution < 1.29 is 0 Å². The Morgan fingerprint density at radius 1 is 1.11 bits per heavy atom. The smallest absolute Gasteiger partial charge is 0.0458 e. The molecule has 0 saturated carbocycles. The van der Waals surface area contributed by atoms with Crippen LogP contribution < -0.4 is 0 Å². The van der Waals surface area contributed by atoms with E-state index in [1.54, 1.807) is 0 Å². The summed E-state index contributed by atoms with van der Waals surface area (Å²) in [7, 11) is 0. The van der Waals surface area contributed by atoms with E-state index >= 15 is 0 Å². The Balaban J connectivity index is 1.83. The molecule has 0 unspecified atom stereocenters. The van der Waals surface area contributed by atoms with Gasteiger partial charge < -0.3 is 4.98 Å². The highest BCUT2D eigenvalue weighted by Gasteiger charge is 2.12. The Morgan fingerprint density at radius 2 is 1.89 bits per heavy atom. The number of benzene rings is 1. The largest absolute Gasteiger partial charge is 0.361 e. The molecule has 0 atom stereocenters. The summed E-state index contributed by atoms with van der Waals surface area (Å²) in [6, 6.07) is 6.46. The lowest BCUT2D eigenvalue weighted by atomic mass is 10.1. The molecule has 1 saturated heterocycles. The van der Waals surface area contributed by atoms with Crippen molar-refractivity contribution in [1.82, 2.24) is 9.88 Å². The highest BCUT2D eigenvalue weighted by Crippen LogP contribution is 2.24. The van der Waals surface area contributed by atoms with E-state index in [9.17, 15) is 0 Å². The summed E-state index contributed by atoms with van der Waals surface area (Å²) >= 11 is 3.56. The molecule has 2 nitrogen and oxygen atoms in total. The molecule has 18 heavy (non-hydrogen) atoms. The van der Waals surface area contributed by atoms with Crippen LogP contribution in [0.25, 0.3) is 10.9 Å². The number of hydrogen-bond donors (Lipinski definition) is 1. The topological polar surface area (TPSA) is 19.0 Å². The molecule has 2 aromatic rings. The van der Waals surface area contributed by atoms with Crippen LogP contribution in [0, 0.1) is 0 Å². The quantitative estimate of drug-likeness (QED) is 0.876. The minimum atomic E-state index is 1.08. The van der Waals surface area contributed by atoms with Gasteiger partial charge in [-0.15, -0.1) is 0 Å². The molecule has 0 spiro atoms. The number of nitrogens with zero attached hydrogens (tertiary/aromatic N) is 1. The van der Waals surface area contributed by atoms with E-state index in [0.717, 1.165) is 11.0 Å². The van der Waals surface area contributed by atoms with Gasteiger partial charge in [0.2, 0.25) is 0 Å². The Morgan fingerprint density at radius 3 is 2.67 bits per heavy atom. The van der Waals surface area contributed by atoms with E-state index in [1.807, 2.05) is 0 Å². The molecule has 96 valence electrons. The lowest BCUT2D eigenvalue weighted by Crippen LogP contribution is -2.23. The first-order valence-electron chi connectivity index (χ1n) is 6.81. The Kier molecular flexibility index (Phi) is 3.71. The fourth-order valence-corrected chi connectivity index (χ4v) is 3.18. The molecular formula is C15H19BrN2. The third kappa shape index (κ3) is 2.62. The van der Waals surface area contributed by atoms with Crippen LogP contribution in [0.2, 0.25) is 0 Å². The molecule has 2 heterocycles. The number of aromatic nitrogens is 1. The summed E-state index contributed by atoms with van der Waals surface area (Å²) in [6.45, 7) is 3.58. The van der Waals surface area contributed by atoms with Crippen molar-refractivity contribution >= 4 is 26.8 Å². The molecule has 3 rings (SSSR count). The van der Waals surface area contributed by atoms with Gasteiger partial charge in [0.05, 0.1) is 0 Å². The highest BCUT2D eigenvalue weighted by atomic mass is 79.9. The minimum absolute atomic E-state index is 1.08. The van der Waals surface area contributed by atoms with E-state index in [-0.39, 0.29) is 0 Å². The third-order valence-corrected chi connectivity index (χ3v) is 4.32. The van der Waals surface area contributed by atoms with Crippen LogP contribution in [0.4, 0.5) is 0 Å². The number of halogens is 1. The van der Waals surface area contributed by atoms with Crippen molar-refractivity contribution in [3.63, 3.8) is 0 Å². The van der Waals surface area contributed by atoms with Gasteiger partial charge in [-0.05, 0) is 49.7 Å². The summed E-state index contributed by atoms with van der Waals surface area (Å²) in [6.07, 6.45) is 7.67. The molecule has 1 aliphatic heterocycles. The first-order valence-corrected chi connectivity index (χ1v) is 7.60. The molecule has 1 N–H and O–H groups in total. The molecule has 1 aromatic heterocycles. The molecule has 0 aliphatic carbocycles. The summed E-state index contributed by atoms with van der Waals surface area (Å²) in [4.78, 5) is 5.97. The highest BCUT2D eigenvalue weighted by molar-refractivity contribution is 9.10. The zero-order chi connectivity index (χ0) is 12.4. The average molecular weight is 307 g/mol. The molecule has 0 radical (unpaired) electrons. The second-order valence-electron chi connectivity index (χ2n) is 5.19. The van der Waals surface area contributed by atoms with Gasteiger partial charge in [0.1, 0.15) is 0 Å². The average Bonchev–Trinajstić information content (AvgIpc) is 2.60. The number of likely N-dealkylation sites (tertiary alicyclic amines) is 1. The van der Waals surface area contributed by atoms with Gasteiger partial charge in [0.15, 0.2) is 0 Å². The van der Waals surface area contributed by atoms with Crippen LogP contribution in [-0.2, 0) is 6.54 Å². The maximum absolute atomic E-state index is 3.56. The molecule has 3 heteroatoms. The van der Waals surface area contributed by atoms with Crippen molar-refractivity contribution in [1.29, 1.82) is 0 Å². The van der Waals surface area contributed by atoms with Gasteiger partial charge in [-0.2, -0.15) is 0 Å². The van der Waals surface area contributed by atoms with Crippen molar-refractivity contribution in [3.05, 3.63) is 34.4 Å². The van der Waals surface area contributed by atoms with Gasteiger partial charge >= 0.3 is 0 Å². The van der Waals surface area contributed by atoms with E-state index in [2.05, 4.69) is 50.2 Å². The molecule has 0 bridgehead atoms. The molecule has 0 amide bonds. The Bertz CT molecular complexity index is 524. The van der Waals surface area contributed by atoms with Crippen molar-refractivity contribution in [3.8, 4) is 0 Å². The first kappa shape index (κ1) is 12.2. The lowest BCUT2D eigenvalue weighted by molar-refractivity contribution is 0.278. The van der Waals surface area contributed by atoms with Gasteiger partial charge in [-0.25, -0.2) is 0 Å². The van der Waals surface area contributed by atoms with E-state index < -0.39 is 0 Å². The van der Waals surface area contributed by atoms with E-state index in [0.29, 0.717) is 0 Å². The number of fused-ring (bicyclic) bond motifs is 1. The third-order valence-electron chi connectivity index (χ3n) is 3.82. The Hall–Kier alpha value is -0.800. The number of aromatic amines is 1. The normalized spacial score (nSPS) is 18.1. The van der Waals surface area contributed by atoms with Crippen LogP contribution >= 0.6 is 15.9 Å². The van der Waals surface area contributed by atoms with E-state index in [1.165, 1.54) is 55.2 Å². The zero-order valence-electron chi connectivity index (χ0n) is 10.6. The predicted molar refractivity (Wildman–Crippen MR) is 79.7 cm³/mol. The Labute approximate surface area is 116 Å². The van der Waals surface area contributed by atoms with Crippen LogP contribution in [0.5, 0.6) is 0 Å². The number of H-pyrrole nitrogens is 1. The van der Waals surface area contributed by atoms with E-state index in [4.69, 9.17) is 0 Å². The second-order valence-corrected chi connectivity index (χ2v) is 6.11. The first-order chi connectivity index (χ1) is 8.83. The van der Waals surface area contributed by atoms with Crippen LogP contribution in [0.15, 0.2) is 28.9 Å². The summed E-state index contributed by atoms with van der Waals surface area (Å²) in [5.74, 6) is 0. The fourth-order valence-electron chi connectivity index (χ4n) is 2.82. The zero-order valence-corrected chi connectivity index (χ0v) is 12.2. The maximum Gasteiger partial charge on any atom is 0.0458 e. The molecular weight excluding hydrogens is 288 g/mol. The van der Waals surface area contributed by atoms with Gasteiger partial charge in [-0.3, -0.25) is 4.90 Å². The standard InChI is InChI=1S/C15H19BrN2/c16-13-5-6-15-14(9-13)12(10-17-15)11-18-7-3-1-2-4-8-18/h5-6,9-10,17H,1-4,7-8,11H2. The maximum atomic E-state index is 3.56. The van der Waals surface area contributed by atoms with Crippen molar-refractivity contribution in [2.24, 2.45) is 0 Å². The van der Waals surface area contributed by atoms with Crippen molar-refractivity contribution in [2.75, 3.05) is 13.1 Å². The fraction of sp³-hybridized carbons (Fsp3) is 0.467. The lowest BCUT2D eigenvalue weighted by Gasteiger charge is -2.19. The molecule has 1 fully saturated rings. The monoisotopic (exact) mass is 306 g/mol. The van der Waals surface area contributed by atoms with Gasteiger partial charge in [0, 0.05) is 28.1 Å². The van der Waals surface area contributed by atoms with Gasteiger partial charge in [-0.1, -0.05) is 28.8 Å². The summed E-state index contributed by atoms with van der Waals surface area (Å²) in [5.41, 5.74) is 2.66. The molecule has 1 aromatic carbocycles. The molecule has 1 aliphatic rings. The number of nitrogens with one attached hydrogen (secondary N) is 1. The summed E-state index contributed by atoms with van der Waals surface area (Å²) < 4.78 is 1.16. The van der Waals surface area contributed by atoms with Crippen molar-refractivity contribution in [2.45, 2.75) is 32.2 Å². The van der Waals surface area contributed by atoms with Crippen LogP contribution in [-0.4, -0.2) is 23.0 Å². The summed E-state index contributed by atoms with van der Waals surface area (Å²) in [5, 5.41) is 1.36. The SMILES string of the molecule is Brc1ccc2[nH]cc(CN3CCCCCC3)c2c1.